The van der Waals surface area contributed by atoms with E-state index < -0.39 is 11.9 Å². The summed E-state index contributed by atoms with van der Waals surface area (Å²) in [5.74, 6) is -0.973. The largest absolute Gasteiger partial charge is 0.322 e. The fourth-order valence-corrected chi connectivity index (χ4v) is 3.82. The summed E-state index contributed by atoms with van der Waals surface area (Å²) in [5, 5.41) is 2.71. The van der Waals surface area contributed by atoms with E-state index in [0.29, 0.717) is 23.6 Å². The number of rotatable bonds is 2. The second-order valence-electron chi connectivity index (χ2n) is 6.23. The number of fused-ring (bicyclic) bond motifs is 1. The highest BCUT2D eigenvalue weighted by molar-refractivity contribution is 6.37. The quantitative estimate of drug-likeness (QED) is 0.843. The Morgan fingerprint density at radius 2 is 1.80 bits per heavy atom. The zero-order valence-electron chi connectivity index (χ0n) is 13.3. The van der Waals surface area contributed by atoms with Gasteiger partial charge >= 0.3 is 0 Å². The first-order valence-electron chi connectivity index (χ1n) is 8.07. The van der Waals surface area contributed by atoms with Crippen LogP contribution in [0, 0.1) is 0 Å². The maximum absolute atomic E-state index is 12.9. The van der Waals surface area contributed by atoms with E-state index in [0.717, 1.165) is 16.7 Å². The molecule has 0 spiro atoms. The van der Waals surface area contributed by atoms with Crippen molar-refractivity contribution in [2.24, 2.45) is 0 Å². The molecule has 2 aromatic rings. The molecule has 1 atom stereocenters. The van der Waals surface area contributed by atoms with Crippen LogP contribution in [0.4, 0.5) is 0 Å². The lowest BCUT2D eigenvalue weighted by Crippen LogP contribution is -2.52. The van der Waals surface area contributed by atoms with Crippen molar-refractivity contribution in [3.8, 4) is 11.1 Å². The number of amides is 3. The predicted octanol–water partition coefficient (Wildman–Crippen LogP) is 2.77. The van der Waals surface area contributed by atoms with Crippen LogP contribution in [0.3, 0.4) is 0 Å². The van der Waals surface area contributed by atoms with Gasteiger partial charge < -0.3 is 4.90 Å². The van der Waals surface area contributed by atoms with Gasteiger partial charge in [0, 0.05) is 18.5 Å². The summed E-state index contributed by atoms with van der Waals surface area (Å²) in [4.78, 5) is 37.8. The van der Waals surface area contributed by atoms with E-state index in [4.69, 9.17) is 11.6 Å². The molecule has 6 heteroatoms. The molecule has 1 unspecified atom stereocenters. The second kappa shape index (κ2) is 6.01. The highest BCUT2D eigenvalue weighted by Gasteiger charge is 2.40. The number of nitrogens with zero attached hydrogens (tertiary/aromatic N) is 1. The van der Waals surface area contributed by atoms with Crippen LogP contribution in [0.15, 0.2) is 42.5 Å². The summed E-state index contributed by atoms with van der Waals surface area (Å²) in [6.07, 6.45) is 0.576. The average Bonchev–Trinajstić information content (AvgIpc) is 2.93. The lowest BCUT2D eigenvalue weighted by atomic mass is 10.00. The van der Waals surface area contributed by atoms with E-state index in [9.17, 15) is 14.4 Å². The van der Waals surface area contributed by atoms with Gasteiger partial charge in [-0.15, -0.1) is 0 Å². The van der Waals surface area contributed by atoms with Crippen molar-refractivity contribution in [3.63, 3.8) is 0 Å². The van der Waals surface area contributed by atoms with Crippen LogP contribution >= 0.6 is 11.6 Å². The molecule has 1 N–H and O–H groups in total. The molecule has 0 bridgehead atoms. The van der Waals surface area contributed by atoms with Crippen LogP contribution in [-0.2, 0) is 16.1 Å². The van der Waals surface area contributed by atoms with Crippen LogP contribution < -0.4 is 5.32 Å². The third-order valence-electron chi connectivity index (χ3n) is 4.71. The summed E-state index contributed by atoms with van der Waals surface area (Å²) in [6.45, 7) is 0.329. The Bertz CT molecular complexity index is 895. The molecule has 2 aliphatic rings. The van der Waals surface area contributed by atoms with E-state index in [-0.39, 0.29) is 18.2 Å². The minimum absolute atomic E-state index is 0.236. The Kier molecular flexibility index (Phi) is 3.81. The Morgan fingerprint density at radius 3 is 2.52 bits per heavy atom. The number of carbonyl (C=O) groups is 3. The maximum Gasteiger partial charge on any atom is 0.256 e. The van der Waals surface area contributed by atoms with Gasteiger partial charge in [0.2, 0.25) is 11.8 Å². The Hall–Kier alpha value is -2.66. The Balaban J connectivity index is 1.70. The van der Waals surface area contributed by atoms with Crippen molar-refractivity contribution in [3.05, 3.63) is 58.6 Å². The molecule has 4 rings (SSSR count). The lowest BCUT2D eigenvalue weighted by Gasteiger charge is -2.29. The summed E-state index contributed by atoms with van der Waals surface area (Å²) >= 11 is 6.55. The van der Waals surface area contributed by atoms with Gasteiger partial charge in [0.05, 0.1) is 10.6 Å². The van der Waals surface area contributed by atoms with Crippen LogP contribution in [0.1, 0.15) is 28.8 Å². The average molecular weight is 355 g/mol. The molecule has 0 aliphatic carbocycles. The van der Waals surface area contributed by atoms with Crippen LogP contribution in [-0.4, -0.2) is 28.7 Å². The number of carbonyl (C=O) groups excluding carboxylic acids is 3. The fourth-order valence-electron chi connectivity index (χ4n) is 3.45. The molecule has 1 saturated heterocycles. The van der Waals surface area contributed by atoms with Crippen LogP contribution in [0.5, 0.6) is 0 Å². The van der Waals surface area contributed by atoms with Crippen molar-refractivity contribution in [2.75, 3.05) is 0 Å². The van der Waals surface area contributed by atoms with Gasteiger partial charge in [-0.05, 0) is 17.5 Å². The first kappa shape index (κ1) is 15.8. The summed E-state index contributed by atoms with van der Waals surface area (Å²) in [6, 6.07) is 12.8. The van der Waals surface area contributed by atoms with E-state index in [2.05, 4.69) is 5.32 Å². The van der Waals surface area contributed by atoms with Gasteiger partial charge in [0.1, 0.15) is 6.04 Å². The smallest absolute Gasteiger partial charge is 0.256 e. The Labute approximate surface area is 149 Å². The molecule has 0 aromatic heterocycles. The van der Waals surface area contributed by atoms with Gasteiger partial charge in [-0.25, -0.2) is 0 Å². The molecular weight excluding hydrogens is 340 g/mol. The van der Waals surface area contributed by atoms with Crippen molar-refractivity contribution in [1.29, 1.82) is 0 Å². The third kappa shape index (κ3) is 2.61. The molecule has 0 saturated carbocycles. The number of imide groups is 1. The number of hydrogen-bond acceptors (Lipinski definition) is 3. The van der Waals surface area contributed by atoms with Crippen LogP contribution in [0.2, 0.25) is 5.02 Å². The predicted molar refractivity (Wildman–Crippen MR) is 92.9 cm³/mol. The standard InChI is InChI=1S/C19H15ClN2O3/c20-17-13(11-4-2-1-3-5-11)7-6-12-10-22(19(25)16(12)17)14-8-9-15(23)21-18(14)24/h1-7,14H,8-10H2,(H,21,23,24). The number of halogens is 1. The maximum atomic E-state index is 12.9. The van der Waals surface area contributed by atoms with Gasteiger partial charge in [-0.3, -0.25) is 19.7 Å². The van der Waals surface area contributed by atoms with E-state index in [1.807, 2.05) is 42.5 Å². The number of nitrogens with one attached hydrogen (secondary N) is 1. The molecular formula is C19H15ClN2O3. The minimum atomic E-state index is -0.631. The van der Waals surface area contributed by atoms with Crippen molar-refractivity contribution in [1.82, 2.24) is 10.2 Å². The van der Waals surface area contributed by atoms with Crippen molar-refractivity contribution in [2.45, 2.75) is 25.4 Å². The van der Waals surface area contributed by atoms with Crippen molar-refractivity contribution >= 4 is 29.3 Å². The topological polar surface area (TPSA) is 66.5 Å². The molecule has 126 valence electrons. The molecule has 5 nitrogen and oxygen atoms in total. The first-order chi connectivity index (χ1) is 12.1. The van der Waals surface area contributed by atoms with E-state index in [1.54, 1.807) is 0 Å². The second-order valence-corrected chi connectivity index (χ2v) is 6.61. The number of benzene rings is 2. The third-order valence-corrected chi connectivity index (χ3v) is 5.11. The highest BCUT2D eigenvalue weighted by Crippen LogP contribution is 2.38. The number of hydrogen-bond donors (Lipinski definition) is 1. The molecule has 2 heterocycles. The summed E-state index contributed by atoms with van der Waals surface area (Å²) in [7, 11) is 0. The molecule has 25 heavy (non-hydrogen) atoms. The molecule has 2 aromatic carbocycles. The minimum Gasteiger partial charge on any atom is -0.322 e. The lowest BCUT2D eigenvalue weighted by molar-refractivity contribution is -0.136. The highest BCUT2D eigenvalue weighted by atomic mass is 35.5. The SMILES string of the molecule is O=C1CCC(N2Cc3ccc(-c4ccccc4)c(Cl)c3C2=O)C(=O)N1. The molecule has 0 radical (unpaired) electrons. The van der Waals surface area contributed by atoms with Crippen LogP contribution in [0.25, 0.3) is 11.1 Å². The van der Waals surface area contributed by atoms with Gasteiger partial charge in [0.25, 0.3) is 5.91 Å². The van der Waals surface area contributed by atoms with Gasteiger partial charge in [0.15, 0.2) is 0 Å². The molecule has 1 fully saturated rings. The zero-order valence-corrected chi connectivity index (χ0v) is 14.0. The first-order valence-corrected chi connectivity index (χ1v) is 8.45. The monoisotopic (exact) mass is 354 g/mol. The van der Waals surface area contributed by atoms with E-state index >= 15 is 0 Å². The Morgan fingerprint density at radius 1 is 1.04 bits per heavy atom. The molecule has 2 aliphatic heterocycles. The normalized spacial score (nSPS) is 19.8. The summed E-state index contributed by atoms with van der Waals surface area (Å²) in [5.41, 5.74) is 2.98. The van der Waals surface area contributed by atoms with E-state index in [1.165, 1.54) is 4.90 Å². The zero-order chi connectivity index (χ0) is 17.6. The van der Waals surface area contributed by atoms with Crippen molar-refractivity contribution < 1.29 is 14.4 Å². The fraction of sp³-hybridized carbons (Fsp3) is 0.211. The molecule has 3 amide bonds. The summed E-state index contributed by atoms with van der Waals surface area (Å²) < 4.78 is 0. The van der Waals surface area contributed by atoms with Gasteiger partial charge in [-0.2, -0.15) is 0 Å². The van der Waals surface area contributed by atoms with Gasteiger partial charge in [-0.1, -0.05) is 54.1 Å². The number of piperidine rings is 1.